The molecule has 0 aliphatic heterocycles. The molecule has 0 nitrogen and oxygen atoms in total. The van der Waals surface area contributed by atoms with Crippen LogP contribution in [0.1, 0.15) is 146 Å². The second-order valence-electron chi connectivity index (χ2n) is 10.9. The van der Waals surface area contributed by atoms with Gasteiger partial charge in [-0.1, -0.05) is 90.0 Å². The van der Waals surface area contributed by atoms with Crippen LogP contribution in [-0.4, -0.2) is 0 Å². The first-order valence-corrected chi connectivity index (χ1v) is 13.8. The fourth-order valence-electron chi connectivity index (χ4n) is 6.50. The molecule has 0 spiro atoms. The largest absolute Gasteiger partial charge is 0.0654 e. The molecule has 0 radical (unpaired) electrons. The van der Waals surface area contributed by atoms with Crippen molar-refractivity contribution in [2.75, 3.05) is 0 Å². The topological polar surface area (TPSA) is 0 Å². The summed E-state index contributed by atoms with van der Waals surface area (Å²) in [7, 11) is 0. The predicted molar refractivity (Wildman–Crippen MR) is 133 cm³/mol. The van der Waals surface area contributed by atoms with Crippen LogP contribution >= 0.6 is 0 Å². The quantitative estimate of drug-likeness (QED) is 0.340. The molecule has 0 bridgehead atoms. The van der Waals surface area contributed by atoms with E-state index in [1.165, 1.54) is 103 Å². The van der Waals surface area contributed by atoms with Crippen molar-refractivity contribution in [2.45, 2.75) is 135 Å². The Kier molecular flexibility index (Phi) is 10.3. The van der Waals surface area contributed by atoms with Crippen LogP contribution in [0, 0.1) is 17.8 Å². The van der Waals surface area contributed by atoms with Crippen LogP contribution in [0.3, 0.4) is 0 Å². The number of hydrogen-bond donors (Lipinski definition) is 0. The van der Waals surface area contributed by atoms with Crippen molar-refractivity contribution in [3.63, 3.8) is 0 Å². The average molecular weight is 411 g/mol. The Morgan fingerprint density at radius 1 is 0.667 bits per heavy atom. The highest BCUT2D eigenvalue weighted by Crippen LogP contribution is 2.41. The van der Waals surface area contributed by atoms with E-state index in [2.05, 4.69) is 45.0 Å². The lowest BCUT2D eigenvalue weighted by molar-refractivity contribution is 0.255. The van der Waals surface area contributed by atoms with Gasteiger partial charge in [0.05, 0.1) is 0 Å². The number of rotatable bonds is 11. The van der Waals surface area contributed by atoms with Crippen molar-refractivity contribution in [1.29, 1.82) is 0 Å². The predicted octanol–water partition coefficient (Wildman–Crippen LogP) is 10.0. The Hall–Kier alpha value is -0.780. The van der Waals surface area contributed by atoms with Crippen molar-refractivity contribution in [3.05, 3.63) is 35.4 Å². The van der Waals surface area contributed by atoms with Gasteiger partial charge in [-0.2, -0.15) is 0 Å². The van der Waals surface area contributed by atoms with E-state index in [-0.39, 0.29) is 0 Å². The number of benzene rings is 1. The minimum absolute atomic E-state index is 0.829. The van der Waals surface area contributed by atoms with Crippen molar-refractivity contribution in [3.8, 4) is 0 Å². The van der Waals surface area contributed by atoms with Crippen molar-refractivity contribution >= 4 is 0 Å². The average Bonchev–Trinajstić information content (AvgIpc) is 2.81. The highest BCUT2D eigenvalue weighted by molar-refractivity contribution is 5.28. The summed E-state index contributed by atoms with van der Waals surface area (Å²) >= 11 is 0. The van der Waals surface area contributed by atoms with E-state index in [4.69, 9.17) is 0 Å². The Morgan fingerprint density at radius 2 is 1.17 bits per heavy atom. The molecule has 2 fully saturated rings. The summed E-state index contributed by atoms with van der Waals surface area (Å²) in [6.07, 6.45) is 23.0. The summed E-state index contributed by atoms with van der Waals surface area (Å²) in [4.78, 5) is 0. The molecule has 3 rings (SSSR count). The molecule has 1 aromatic carbocycles. The van der Waals surface area contributed by atoms with Gasteiger partial charge in [-0.05, 0) is 98.5 Å². The van der Waals surface area contributed by atoms with Crippen LogP contribution in [0.15, 0.2) is 24.3 Å². The normalized spacial score (nSPS) is 28.4. The van der Waals surface area contributed by atoms with Crippen molar-refractivity contribution < 1.29 is 0 Å². The molecule has 1 unspecified atom stereocenters. The van der Waals surface area contributed by atoms with Gasteiger partial charge in [0.2, 0.25) is 0 Å². The molecule has 0 heteroatoms. The lowest BCUT2D eigenvalue weighted by atomic mass is 9.74. The molecule has 2 aliphatic rings. The smallest absolute Gasteiger partial charge is 0.0162 e. The standard InChI is InChI=1S/C30H50/c1-4-7-9-24(6-3)23-26-13-17-28(18-14-26)30-21-19-29(20-22-30)27-15-11-25(12-16-27)10-8-5-2/h19-22,24-28H,4-18,23H2,1-3H3. The summed E-state index contributed by atoms with van der Waals surface area (Å²) in [6.45, 7) is 7.07. The van der Waals surface area contributed by atoms with Gasteiger partial charge in [0, 0.05) is 0 Å². The molecule has 0 aromatic heterocycles. The zero-order chi connectivity index (χ0) is 21.2. The Bertz CT molecular complexity index is 554. The van der Waals surface area contributed by atoms with E-state index in [1.807, 2.05) is 0 Å². The highest BCUT2D eigenvalue weighted by Gasteiger charge is 2.25. The second kappa shape index (κ2) is 12.9. The zero-order valence-corrected chi connectivity index (χ0v) is 20.5. The molecule has 0 N–H and O–H groups in total. The summed E-state index contributed by atoms with van der Waals surface area (Å²) in [5.74, 6) is 4.68. The van der Waals surface area contributed by atoms with E-state index in [9.17, 15) is 0 Å². The number of hydrogen-bond acceptors (Lipinski definition) is 0. The van der Waals surface area contributed by atoms with Crippen LogP contribution in [0.25, 0.3) is 0 Å². The molecule has 0 amide bonds. The van der Waals surface area contributed by atoms with Gasteiger partial charge in [-0.3, -0.25) is 0 Å². The molecule has 1 aromatic rings. The first-order chi connectivity index (χ1) is 14.7. The molecule has 170 valence electrons. The highest BCUT2D eigenvalue weighted by atomic mass is 14.3. The lowest BCUT2D eigenvalue weighted by Gasteiger charge is -2.32. The van der Waals surface area contributed by atoms with E-state index < -0.39 is 0 Å². The van der Waals surface area contributed by atoms with Crippen LogP contribution in [-0.2, 0) is 0 Å². The van der Waals surface area contributed by atoms with Gasteiger partial charge >= 0.3 is 0 Å². The monoisotopic (exact) mass is 410 g/mol. The summed E-state index contributed by atoms with van der Waals surface area (Å²) in [6, 6.07) is 9.99. The van der Waals surface area contributed by atoms with E-state index >= 15 is 0 Å². The Balaban J connectivity index is 1.43. The fourth-order valence-corrected chi connectivity index (χ4v) is 6.50. The molecular weight excluding hydrogens is 360 g/mol. The van der Waals surface area contributed by atoms with Crippen molar-refractivity contribution in [2.24, 2.45) is 17.8 Å². The van der Waals surface area contributed by atoms with Gasteiger partial charge in [0.25, 0.3) is 0 Å². The molecule has 2 aliphatic carbocycles. The Labute approximate surface area is 188 Å². The van der Waals surface area contributed by atoms with Gasteiger partial charge < -0.3 is 0 Å². The maximum Gasteiger partial charge on any atom is -0.0162 e. The van der Waals surface area contributed by atoms with Gasteiger partial charge in [0.15, 0.2) is 0 Å². The third-order valence-electron chi connectivity index (χ3n) is 8.75. The molecular formula is C30H50. The molecule has 30 heavy (non-hydrogen) atoms. The fraction of sp³-hybridized carbons (Fsp3) is 0.800. The van der Waals surface area contributed by atoms with Crippen LogP contribution in [0.4, 0.5) is 0 Å². The Morgan fingerprint density at radius 3 is 1.63 bits per heavy atom. The van der Waals surface area contributed by atoms with E-state index in [0.717, 1.165) is 29.6 Å². The minimum atomic E-state index is 0.829. The first kappa shape index (κ1) is 23.9. The van der Waals surface area contributed by atoms with Crippen LogP contribution in [0.5, 0.6) is 0 Å². The third kappa shape index (κ3) is 7.13. The summed E-state index contributed by atoms with van der Waals surface area (Å²) in [5.41, 5.74) is 3.26. The van der Waals surface area contributed by atoms with E-state index in [1.54, 1.807) is 11.1 Å². The minimum Gasteiger partial charge on any atom is -0.0654 e. The molecule has 0 heterocycles. The first-order valence-electron chi connectivity index (χ1n) is 13.8. The SMILES string of the molecule is CCCCC1CCC(c2ccc(C3CCC(CC(CC)CCCC)CC3)cc2)CC1. The van der Waals surface area contributed by atoms with Gasteiger partial charge in [-0.25, -0.2) is 0 Å². The zero-order valence-electron chi connectivity index (χ0n) is 20.5. The van der Waals surface area contributed by atoms with Gasteiger partial charge in [-0.15, -0.1) is 0 Å². The molecule has 2 saturated carbocycles. The maximum atomic E-state index is 2.50. The lowest BCUT2D eigenvalue weighted by Crippen LogP contribution is -2.17. The van der Waals surface area contributed by atoms with Gasteiger partial charge in [0.1, 0.15) is 0 Å². The number of unbranched alkanes of at least 4 members (excludes halogenated alkanes) is 2. The summed E-state index contributed by atoms with van der Waals surface area (Å²) in [5, 5.41) is 0. The van der Waals surface area contributed by atoms with Crippen LogP contribution in [0.2, 0.25) is 0 Å². The molecule has 0 saturated heterocycles. The summed E-state index contributed by atoms with van der Waals surface area (Å²) < 4.78 is 0. The van der Waals surface area contributed by atoms with Crippen LogP contribution < -0.4 is 0 Å². The molecule has 1 atom stereocenters. The third-order valence-corrected chi connectivity index (χ3v) is 8.75. The maximum absolute atomic E-state index is 2.50. The van der Waals surface area contributed by atoms with E-state index in [0.29, 0.717) is 0 Å². The second-order valence-corrected chi connectivity index (χ2v) is 10.9. The van der Waals surface area contributed by atoms with Crippen molar-refractivity contribution in [1.82, 2.24) is 0 Å².